The summed E-state index contributed by atoms with van der Waals surface area (Å²) in [7, 11) is -7.07. The number of rotatable bonds is 5. The zero-order chi connectivity index (χ0) is 20.5. The molecular weight excluding hydrogens is 424 g/mol. The van der Waals surface area contributed by atoms with Crippen LogP contribution in [-0.4, -0.2) is 40.3 Å². The Balaban J connectivity index is 1.71. The molecule has 1 aliphatic heterocycles. The molecule has 1 saturated heterocycles. The van der Waals surface area contributed by atoms with Crippen LogP contribution in [0.15, 0.2) is 47.4 Å². The summed E-state index contributed by atoms with van der Waals surface area (Å²) in [5, 5.41) is 3.08. The van der Waals surface area contributed by atoms with E-state index in [4.69, 9.17) is 11.6 Å². The van der Waals surface area contributed by atoms with Crippen LogP contribution < -0.4 is 10.0 Å². The molecule has 10 heteroatoms. The average molecular weight is 443 g/mol. The van der Waals surface area contributed by atoms with E-state index in [0.717, 1.165) is 5.56 Å². The number of aryl methyl sites for hydroxylation is 1. The minimum absolute atomic E-state index is 0.0269. The van der Waals surface area contributed by atoms with Gasteiger partial charge in [-0.3, -0.25) is 4.79 Å². The number of nitrogens with one attached hydrogen (secondary N) is 2. The Hall–Kier alpha value is -1.94. The second-order valence-corrected chi connectivity index (χ2v) is 11.0. The Bertz CT molecular complexity index is 1110. The molecule has 0 spiro atoms. The van der Waals surface area contributed by atoms with Gasteiger partial charge in [0.15, 0.2) is 9.84 Å². The van der Waals surface area contributed by atoms with Crippen molar-refractivity contribution in [2.45, 2.75) is 24.3 Å². The van der Waals surface area contributed by atoms with Gasteiger partial charge in [-0.2, -0.15) is 0 Å². The minimum Gasteiger partial charge on any atom is -0.321 e. The maximum absolute atomic E-state index is 12.4. The van der Waals surface area contributed by atoms with Gasteiger partial charge in [0.05, 0.1) is 27.1 Å². The number of halogens is 1. The lowest BCUT2D eigenvalue weighted by Crippen LogP contribution is -2.35. The van der Waals surface area contributed by atoms with Crippen LogP contribution in [0.5, 0.6) is 0 Å². The Kier molecular flexibility index (Phi) is 5.81. The fourth-order valence-electron chi connectivity index (χ4n) is 2.88. The first-order valence-electron chi connectivity index (χ1n) is 8.46. The molecule has 1 atom stereocenters. The van der Waals surface area contributed by atoms with Crippen molar-refractivity contribution >= 4 is 43.1 Å². The fraction of sp³-hybridized carbons (Fsp3) is 0.278. The van der Waals surface area contributed by atoms with Crippen molar-refractivity contribution < 1.29 is 21.6 Å². The number of hydrogen-bond acceptors (Lipinski definition) is 5. The summed E-state index contributed by atoms with van der Waals surface area (Å²) in [4.78, 5) is 12.3. The highest BCUT2D eigenvalue weighted by Crippen LogP contribution is 2.23. The van der Waals surface area contributed by atoms with Crippen LogP contribution in [0.2, 0.25) is 5.02 Å². The zero-order valence-corrected chi connectivity index (χ0v) is 17.4. The maximum atomic E-state index is 12.4. The van der Waals surface area contributed by atoms with Crippen molar-refractivity contribution in [3.63, 3.8) is 0 Å². The molecule has 0 saturated carbocycles. The van der Waals surface area contributed by atoms with Gasteiger partial charge < -0.3 is 5.32 Å². The van der Waals surface area contributed by atoms with E-state index in [9.17, 15) is 21.6 Å². The molecule has 0 radical (unpaired) electrons. The Labute approximate surface area is 169 Å². The van der Waals surface area contributed by atoms with Gasteiger partial charge in [-0.25, -0.2) is 21.6 Å². The highest BCUT2D eigenvalue weighted by molar-refractivity contribution is 7.92. The number of sulfonamides is 1. The molecule has 28 heavy (non-hydrogen) atoms. The lowest BCUT2D eigenvalue weighted by Gasteiger charge is -2.12. The number of benzene rings is 2. The summed E-state index contributed by atoms with van der Waals surface area (Å²) in [6.07, 6.45) is 0.249. The Morgan fingerprint density at radius 2 is 1.82 bits per heavy atom. The van der Waals surface area contributed by atoms with E-state index in [-0.39, 0.29) is 28.4 Å². The lowest BCUT2D eigenvalue weighted by molar-refractivity contribution is 0.102. The number of carbonyl (C=O) groups excluding carboxylic acids is 1. The van der Waals surface area contributed by atoms with Crippen molar-refractivity contribution in [2.24, 2.45) is 0 Å². The van der Waals surface area contributed by atoms with Gasteiger partial charge in [-0.15, -0.1) is 0 Å². The third kappa shape index (κ3) is 4.91. The quantitative estimate of drug-likeness (QED) is 0.738. The predicted octanol–water partition coefficient (Wildman–Crippen LogP) is 2.37. The lowest BCUT2D eigenvalue weighted by atomic mass is 10.2. The molecule has 1 fully saturated rings. The normalized spacial score (nSPS) is 18.7. The van der Waals surface area contributed by atoms with Crippen LogP contribution >= 0.6 is 11.6 Å². The summed E-state index contributed by atoms with van der Waals surface area (Å²) >= 11 is 6.10. The molecular formula is C18H19ClN2O5S2. The molecule has 1 amide bonds. The predicted molar refractivity (Wildman–Crippen MR) is 108 cm³/mol. The Morgan fingerprint density at radius 3 is 2.39 bits per heavy atom. The molecule has 0 bridgehead atoms. The largest absolute Gasteiger partial charge is 0.321 e. The topological polar surface area (TPSA) is 109 Å². The molecule has 150 valence electrons. The second-order valence-electron chi connectivity index (χ2n) is 6.68. The number of hydrogen-bond donors (Lipinski definition) is 2. The van der Waals surface area contributed by atoms with Crippen LogP contribution in [0.1, 0.15) is 22.3 Å². The highest BCUT2D eigenvalue weighted by atomic mass is 35.5. The van der Waals surface area contributed by atoms with E-state index in [2.05, 4.69) is 10.0 Å². The van der Waals surface area contributed by atoms with Gasteiger partial charge in [0.2, 0.25) is 10.0 Å². The van der Waals surface area contributed by atoms with Crippen LogP contribution in [-0.2, 0) is 19.9 Å². The van der Waals surface area contributed by atoms with Crippen LogP contribution in [0, 0.1) is 6.92 Å². The molecule has 1 aliphatic rings. The van der Waals surface area contributed by atoms with Gasteiger partial charge >= 0.3 is 0 Å². The van der Waals surface area contributed by atoms with Crippen LogP contribution in [0.3, 0.4) is 0 Å². The average Bonchev–Trinajstić information content (AvgIpc) is 2.95. The first-order chi connectivity index (χ1) is 13.1. The fourth-order valence-corrected chi connectivity index (χ4v) is 6.21. The molecule has 3 rings (SSSR count). The summed E-state index contributed by atoms with van der Waals surface area (Å²) in [5.41, 5.74) is 1.68. The van der Waals surface area contributed by atoms with Crippen molar-refractivity contribution in [3.05, 3.63) is 58.6 Å². The van der Waals surface area contributed by atoms with E-state index in [1.165, 1.54) is 24.3 Å². The number of amides is 1. The maximum Gasteiger partial charge on any atom is 0.255 e. The van der Waals surface area contributed by atoms with Crippen LogP contribution in [0.4, 0.5) is 5.69 Å². The Morgan fingerprint density at radius 1 is 1.14 bits per heavy atom. The first-order valence-corrected chi connectivity index (χ1v) is 12.1. The third-order valence-corrected chi connectivity index (χ3v) is 7.97. The van der Waals surface area contributed by atoms with Crippen molar-refractivity contribution in [1.29, 1.82) is 0 Å². The van der Waals surface area contributed by atoms with Crippen LogP contribution in [0.25, 0.3) is 0 Å². The van der Waals surface area contributed by atoms with Crippen molar-refractivity contribution in [1.82, 2.24) is 4.72 Å². The van der Waals surface area contributed by atoms with Crippen molar-refractivity contribution in [2.75, 3.05) is 16.8 Å². The number of anilines is 1. The van der Waals surface area contributed by atoms with Crippen molar-refractivity contribution in [3.8, 4) is 0 Å². The van der Waals surface area contributed by atoms with E-state index < -0.39 is 31.8 Å². The van der Waals surface area contributed by atoms with Gasteiger partial charge in [-0.1, -0.05) is 17.7 Å². The first kappa shape index (κ1) is 20.8. The van der Waals surface area contributed by atoms with Gasteiger partial charge in [-0.05, 0) is 55.3 Å². The number of sulfone groups is 1. The minimum atomic E-state index is -3.87. The van der Waals surface area contributed by atoms with E-state index in [1.807, 2.05) is 13.0 Å². The van der Waals surface area contributed by atoms with E-state index in [0.29, 0.717) is 10.7 Å². The summed E-state index contributed by atoms with van der Waals surface area (Å²) < 4.78 is 50.2. The second kappa shape index (κ2) is 7.82. The molecule has 1 unspecified atom stereocenters. The molecule has 1 heterocycles. The highest BCUT2D eigenvalue weighted by Gasteiger charge is 2.31. The molecule has 0 aliphatic carbocycles. The zero-order valence-electron chi connectivity index (χ0n) is 15.0. The van der Waals surface area contributed by atoms with E-state index in [1.54, 1.807) is 12.1 Å². The summed E-state index contributed by atoms with van der Waals surface area (Å²) in [5.74, 6) is -0.658. The smallest absolute Gasteiger partial charge is 0.255 e. The monoisotopic (exact) mass is 442 g/mol. The summed E-state index contributed by atoms with van der Waals surface area (Å²) in [6.45, 7) is 1.88. The molecule has 7 nitrogen and oxygen atoms in total. The molecule has 2 N–H and O–H groups in total. The molecule has 2 aromatic carbocycles. The standard InChI is InChI=1S/C18H19ClN2O5S2/c1-12-2-7-17(16(19)10-12)20-18(22)13-3-5-15(6-4-13)28(25,26)21-14-8-9-27(23,24)11-14/h2-7,10,14,21H,8-9,11H2,1H3,(H,20,22). The van der Waals surface area contributed by atoms with Gasteiger partial charge in [0.25, 0.3) is 5.91 Å². The SMILES string of the molecule is Cc1ccc(NC(=O)c2ccc(S(=O)(=O)NC3CCS(=O)(=O)C3)cc2)c(Cl)c1. The van der Waals surface area contributed by atoms with Gasteiger partial charge in [0.1, 0.15) is 0 Å². The number of carbonyl (C=O) groups is 1. The van der Waals surface area contributed by atoms with E-state index >= 15 is 0 Å². The molecule has 0 aromatic heterocycles. The summed E-state index contributed by atoms with van der Waals surface area (Å²) in [6, 6.07) is 9.97. The van der Waals surface area contributed by atoms with Gasteiger partial charge in [0, 0.05) is 11.6 Å². The third-order valence-electron chi connectivity index (χ3n) is 4.35. The molecule has 2 aromatic rings.